The van der Waals surface area contributed by atoms with Crippen LogP contribution in [0.1, 0.15) is 41.6 Å². The van der Waals surface area contributed by atoms with Crippen LogP contribution in [-0.2, 0) is 4.79 Å². The zero-order valence-electron chi connectivity index (χ0n) is 22.5. The van der Waals surface area contributed by atoms with E-state index in [4.69, 9.17) is 31.2 Å². The number of carboxylic acids is 1. The molecule has 8 nitrogen and oxygen atoms in total. The van der Waals surface area contributed by atoms with Crippen molar-refractivity contribution in [2.75, 3.05) is 5.32 Å². The average molecular weight is 601 g/mol. The Morgan fingerprint density at radius 3 is 2.29 bits per heavy atom. The molecule has 1 amide bonds. The number of rotatable bonds is 6. The summed E-state index contributed by atoms with van der Waals surface area (Å²) in [5, 5.41) is 15.7. The summed E-state index contributed by atoms with van der Waals surface area (Å²) in [5.41, 5.74) is 2.63. The number of benzene rings is 2. The van der Waals surface area contributed by atoms with Gasteiger partial charge < -0.3 is 20.5 Å². The predicted molar refractivity (Wildman–Crippen MR) is 153 cm³/mol. The molecule has 0 spiro atoms. The molecule has 2 aromatic carbocycles. The van der Waals surface area contributed by atoms with Gasteiger partial charge in [0, 0.05) is 28.7 Å². The third kappa shape index (κ3) is 8.32. The van der Waals surface area contributed by atoms with Crippen molar-refractivity contribution in [2.45, 2.75) is 50.9 Å². The van der Waals surface area contributed by atoms with Crippen molar-refractivity contribution >= 4 is 40.2 Å². The number of nitrogens with zero attached hydrogens (tertiary/aromatic N) is 2. The summed E-state index contributed by atoms with van der Waals surface area (Å²) in [6.07, 6.45) is 0.230. The number of aromatic nitrogens is 2. The van der Waals surface area contributed by atoms with Crippen molar-refractivity contribution in [1.29, 1.82) is 0 Å². The van der Waals surface area contributed by atoms with Crippen molar-refractivity contribution < 1.29 is 32.6 Å². The van der Waals surface area contributed by atoms with Gasteiger partial charge in [-0.1, -0.05) is 29.8 Å². The number of carbonyl (C=O) groups is 2. The number of para-hydroxylation sites is 1. The number of pyridine rings is 2. The van der Waals surface area contributed by atoms with Gasteiger partial charge in [0.2, 0.25) is 5.88 Å². The van der Waals surface area contributed by atoms with Gasteiger partial charge in [-0.25, -0.2) is 14.8 Å². The van der Waals surface area contributed by atoms with Crippen LogP contribution in [0.4, 0.5) is 19.0 Å². The number of aliphatic carboxylic acids is 1. The van der Waals surface area contributed by atoms with E-state index < -0.39 is 12.1 Å². The Labute approximate surface area is 244 Å². The van der Waals surface area contributed by atoms with E-state index >= 15 is 0 Å². The Morgan fingerprint density at radius 2 is 1.62 bits per heavy atom. The number of carbonyl (C=O) groups excluding carboxylic acids is 1. The Morgan fingerprint density at radius 1 is 0.976 bits per heavy atom. The van der Waals surface area contributed by atoms with Crippen LogP contribution in [0.5, 0.6) is 11.6 Å². The average Bonchev–Trinajstić information content (AvgIpc) is 2.95. The van der Waals surface area contributed by atoms with Crippen LogP contribution < -0.4 is 15.4 Å². The van der Waals surface area contributed by atoms with Gasteiger partial charge in [0.05, 0.1) is 5.52 Å². The summed E-state index contributed by atoms with van der Waals surface area (Å²) in [6, 6.07) is 21.2. The summed E-state index contributed by atoms with van der Waals surface area (Å²) >= 11 is 5.95. The third-order valence-electron chi connectivity index (χ3n) is 6.62. The lowest BCUT2D eigenvalue weighted by atomic mass is 9.91. The zero-order valence-corrected chi connectivity index (χ0v) is 23.2. The second kappa shape index (κ2) is 13.5. The number of carboxylic acid groups (broad SMARTS) is 1. The van der Waals surface area contributed by atoms with Crippen LogP contribution in [0.2, 0.25) is 5.02 Å². The SMILES string of the molecule is Cc1cc(NC2CCC(NC(=O)c3cccnc3Oc3ccc(Cl)cc3)CC2)nc2ccccc12.O=C(O)C(F)(F)F. The van der Waals surface area contributed by atoms with Gasteiger partial charge in [0.15, 0.2) is 0 Å². The first-order valence-corrected chi connectivity index (χ1v) is 13.5. The number of aryl methyl sites for hydroxylation is 1. The minimum absolute atomic E-state index is 0.107. The van der Waals surface area contributed by atoms with Crippen LogP contribution in [0.15, 0.2) is 72.9 Å². The number of fused-ring (bicyclic) bond motifs is 1. The highest BCUT2D eigenvalue weighted by molar-refractivity contribution is 6.30. The van der Waals surface area contributed by atoms with E-state index in [2.05, 4.69) is 34.7 Å². The molecule has 0 atom stereocenters. The molecule has 4 aromatic rings. The molecule has 5 rings (SSSR count). The maximum absolute atomic E-state index is 13.0. The summed E-state index contributed by atoms with van der Waals surface area (Å²) in [4.78, 5) is 31.0. The quantitative estimate of drug-likeness (QED) is 0.215. The lowest BCUT2D eigenvalue weighted by Gasteiger charge is -2.30. The first kappa shape index (κ1) is 30.6. The van der Waals surface area contributed by atoms with Crippen molar-refractivity contribution in [3.05, 3.63) is 89.1 Å². The smallest absolute Gasteiger partial charge is 0.475 e. The topological polar surface area (TPSA) is 113 Å². The van der Waals surface area contributed by atoms with Crippen molar-refractivity contribution in [3.8, 4) is 11.6 Å². The normalized spacial score (nSPS) is 16.6. The molecular weight excluding hydrogens is 573 g/mol. The standard InChI is InChI=1S/C28H27ClN4O2.C2HF3O2/c1-18-17-26(33-25-7-3-2-5-23(18)25)31-20-10-12-21(13-11-20)32-27(34)24-6-4-16-30-28(24)35-22-14-8-19(29)9-15-22;3-2(4,5)1(6)7/h2-9,14-17,20-21H,10-13H2,1H3,(H,31,33)(H,32,34);(H,6,7). The molecular formula is C30H28ClF3N4O4. The fraction of sp³-hybridized carbons (Fsp3) is 0.267. The van der Waals surface area contributed by atoms with Gasteiger partial charge in [-0.3, -0.25) is 4.79 Å². The molecule has 1 aliphatic rings. The first-order valence-electron chi connectivity index (χ1n) is 13.1. The fourth-order valence-electron chi connectivity index (χ4n) is 4.54. The second-order valence-electron chi connectivity index (χ2n) is 9.72. The summed E-state index contributed by atoms with van der Waals surface area (Å²) < 4.78 is 37.6. The lowest BCUT2D eigenvalue weighted by molar-refractivity contribution is -0.192. The van der Waals surface area contributed by atoms with E-state index in [0.29, 0.717) is 22.4 Å². The molecule has 0 radical (unpaired) electrons. The molecule has 0 aliphatic heterocycles. The van der Waals surface area contributed by atoms with Gasteiger partial charge in [-0.15, -0.1) is 0 Å². The van der Waals surface area contributed by atoms with Crippen molar-refractivity contribution in [2.24, 2.45) is 0 Å². The van der Waals surface area contributed by atoms with E-state index in [0.717, 1.165) is 37.0 Å². The van der Waals surface area contributed by atoms with Crippen LogP contribution in [0.25, 0.3) is 10.9 Å². The minimum Gasteiger partial charge on any atom is -0.475 e. The van der Waals surface area contributed by atoms with Crippen LogP contribution >= 0.6 is 11.6 Å². The lowest BCUT2D eigenvalue weighted by Crippen LogP contribution is -2.40. The number of amides is 1. The maximum atomic E-state index is 13.0. The first-order chi connectivity index (χ1) is 20.0. The Kier molecular flexibility index (Phi) is 9.84. The third-order valence-corrected chi connectivity index (χ3v) is 6.88. The zero-order chi connectivity index (χ0) is 30.3. The molecule has 0 bridgehead atoms. The molecule has 3 N–H and O–H groups in total. The number of alkyl halides is 3. The second-order valence-corrected chi connectivity index (χ2v) is 10.2. The molecule has 1 fully saturated rings. The summed E-state index contributed by atoms with van der Waals surface area (Å²) in [5.74, 6) is -1.17. The highest BCUT2D eigenvalue weighted by atomic mass is 35.5. The Balaban J connectivity index is 0.000000517. The molecule has 2 aromatic heterocycles. The highest BCUT2D eigenvalue weighted by Gasteiger charge is 2.38. The predicted octanol–water partition coefficient (Wildman–Crippen LogP) is 7.17. The van der Waals surface area contributed by atoms with Crippen LogP contribution in [-0.4, -0.2) is 45.2 Å². The molecule has 1 saturated carbocycles. The van der Waals surface area contributed by atoms with Crippen LogP contribution in [0.3, 0.4) is 0 Å². The molecule has 2 heterocycles. The van der Waals surface area contributed by atoms with Gasteiger partial charge in [0.1, 0.15) is 17.1 Å². The van der Waals surface area contributed by atoms with E-state index in [9.17, 15) is 18.0 Å². The van der Waals surface area contributed by atoms with E-state index in [1.165, 1.54) is 10.9 Å². The number of ether oxygens (including phenoxy) is 1. The highest BCUT2D eigenvalue weighted by Crippen LogP contribution is 2.27. The molecule has 220 valence electrons. The summed E-state index contributed by atoms with van der Waals surface area (Å²) in [6.45, 7) is 2.12. The summed E-state index contributed by atoms with van der Waals surface area (Å²) in [7, 11) is 0. The minimum atomic E-state index is -5.08. The molecule has 42 heavy (non-hydrogen) atoms. The maximum Gasteiger partial charge on any atom is 0.490 e. The van der Waals surface area contributed by atoms with Gasteiger partial charge in [-0.2, -0.15) is 13.2 Å². The largest absolute Gasteiger partial charge is 0.490 e. The Bertz CT molecular complexity index is 1540. The number of hydrogen-bond acceptors (Lipinski definition) is 6. The Hall–Kier alpha value is -4.38. The van der Waals surface area contributed by atoms with E-state index in [1.54, 1.807) is 42.6 Å². The van der Waals surface area contributed by atoms with Crippen molar-refractivity contribution in [1.82, 2.24) is 15.3 Å². The number of anilines is 1. The van der Waals surface area contributed by atoms with Gasteiger partial charge in [-0.05, 0) is 86.7 Å². The monoisotopic (exact) mass is 600 g/mol. The van der Waals surface area contributed by atoms with E-state index in [-0.39, 0.29) is 17.8 Å². The number of nitrogens with one attached hydrogen (secondary N) is 2. The van der Waals surface area contributed by atoms with Gasteiger partial charge in [0.25, 0.3) is 5.91 Å². The molecule has 12 heteroatoms. The van der Waals surface area contributed by atoms with Gasteiger partial charge >= 0.3 is 12.1 Å². The number of hydrogen-bond donors (Lipinski definition) is 3. The van der Waals surface area contributed by atoms with E-state index in [1.807, 2.05) is 18.2 Å². The molecule has 0 saturated heterocycles. The molecule has 1 aliphatic carbocycles. The number of halogens is 4. The van der Waals surface area contributed by atoms with Crippen LogP contribution in [0, 0.1) is 6.92 Å². The molecule has 0 unspecified atom stereocenters. The fourth-order valence-corrected chi connectivity index (χ4v) is 4.66. The van der Waals surface area contributed by atoms with Crippen molar-refractivity contribution in [3.63, 3.8) is 0 Å².